The van der Waals surface area contributed by atoms with E-state index in [2.05, 4.69) is 23.3 Å². The summed E-state index contributed by atoms with van der Waals surface area (Å²) in [6.45, 7) is 0. The van der Waals surface area contributed by atoms with E-state index in [-0.39, 0.29) is 17.9 Å². The van der Waals surface area contributed by atoms with Gasteiger partial charge in [0.2, 0.25) is 11.8 Å². The average Bonchev–Trinajstić information content (AvgIpc) is 2.64. The van der Waals surface area contributed by atoms with Crippen molar-refractivity contribution in [3.8, 4) is 5.75 Å². The lowest BCUT2D eigenvalue weighted by atomic mass is 10.1. The van der Waals surface area contributed by atoms with Crippen LogP contribution in [0.15, 0.2) is 24.3 Å². The Hall–Kier alpha value is -1.91. The number of amides is 2. The summed E-state index contributed by atoms with van der Waals surface area (Å²) in [4.78, 5) is 35.9. The number of phenols is 1. The number of carboxylic acid groups (broad SMARTS) is 1. The SMILES string of the molecule is CSCCC(N)C(=O)NC(CS)C(=O)NC(Cc1ccc(O)cc1)C(=O)O. The van der Waals surface area contributed by atoms with Gasteiger partial charge >= 0.3 is 5.97 Å². The number of aliphatic carboxylic acids is 1. The molecule has 0 heterocycles. The van der Waals surface area contributed by atoms with E-state index in [1.807, 2.05) is 6.26 Å². The number of hydrogen-bond acceptors (Lipinski definition) is 7. The molecule has 0 spiro atoms. The molecule has 3 atom stereocenters. The number of phenolic OH excluding ortho intramolecular Hbond substituents is 1. The summed E-state index contributed by atoms with van der Waals surface area (Å²) < 4.78 is 0. The molecule has 1 aromatic rings. The van der Waals surface area contributed by atoms with Gasteiger partial charge in [0.15, 0.2) is 0 Å². The van der Waals surface area contributed by atoms with Crippen molar-refractivity contribution in [2.24, 2.45) is 5.73 Å². The maximum absolute atomic E-state index is 12.4. The summed E-state index contributed by atoms with van der Waals surface area (Å²) in [5.74, 6) is -1.58. The highest BCUT2D eigenvalue weighted by Crippen LogP contribution is 2.11. The summed E-state index contributed by atoms with van der Waals surface area (Å²) in [6, 6.07) is 3.07. The third kappa shape index (κ3) is 8.10. The van der Waals surface area contributed by atoms with Crippen LogP contribution in [0, 0.1) is 0 Å². The van der Waals surface area contributed by atoms with E-state index in [1.165, 1.54) is 12.1 Å². The molecular weight excluding hydrogens is 390 g/mol. The number of thioether (sulfide) groups is 1. The zero-order valence-electron chi connectivity index (χ0n) is 14.9. The molecule has 6 N–H and O–H groups in total. The van der Waals surface area contributed by atoms with Gasteiger partial charge in [0.05, 0.1) is 6.04 Å². The molecule has 10 heteroatoms. The third-order valence-electron chi connectivity index (χ3n) is 3.78. The van der Waals surface area contributed by atoms with Crippen LogP contribution in [0.4, 0.5) is 0 Å². The normalized spacial score (nSPS) is 14.0. The van der Waals surface area contributed by atoms with Crippen molar-refractivity contribution in [1.82, 2.24) is 10.6 Å². The Balaban J connectivity index is 2.70. The van der Waals surface area contributed by atoms with Crippen molar-refractivity contribution in [3.05, 3.63) is 29.8 Å². The van der Waals surface area contributed by atoms with Crippen LogP contribution in [0.3, 0.4) is 0 Å². The molecule has 0 bridgehead atoms. The lowest BCUT2D eigenvalue weighted by Crippen LogP contribution is -2.55. The zero-order chi connectivity index (χ0) is 20.4. The fourth-order valence-corrected chi connectivity index (χ4v) is 2.94. The Morgan fingerprint density at radius 2 is 1.74 bits per heavy atom. The second-order valence-corrected chi connectivity index (χ2v) is 7.25. The lowest BCUT2D eigenvalue weighted by molar-refractivity contribution is -0.142. The van der Waals surface area contributed by atoms with E-state index in [0.29, 0.717) is 17.7 Å². The van der Waals surface area contributed by atoms with E-state index >= 15 is 0 Å². The minimum atomic E-state index is -1.21. The molecule has 2 amide bonds. The monoisotopic (exact) mass is 415 g/mol. The van der Waals surface area contributed by atoms with Gasteiger partial charge in [0.25, 0.3) is 0 Å². The van der Waals surface area contributed by atoms with Crippen molar-refractivity contribution in [1.29, 1.82) is 0 Å². The second-order valence-electron chi connectivity index (χ2n) is 5.90. The first-order valence-corrected chi connectivity index (χ1v) is 10.3. The number of aromatic hydroxyl groups is 1. The van der Waals surface area contributed by atoms with Crippen molar-refractivity contribution >= 4 is 42.2 Å². The third-order valence-corrected chi connectivity index (χ3v) is 4.79. The molecule has 1 aromatic carbocycles. The average molecular weight is 416 g/mol. The van der Waals surface area contributed by atoms with Crippen molar-refractivity contribution in [3.63, 3.8) is 0 Å². The number of carbonyl (C=O) groups excluding carboxylic acids is 2. The van der Waals surface area contributed by atoms with E-state index in [4.69, 9.17) is 5.73 Å². The van der Waals surface area contributed by atoms with Gasteiger partial charge in [-0.05, 0) is 36.1 Å². The van der Waals surface area contributed by atoms with Crippen LogP contribution in [-0.4, -0.2) is 63.9 Å². The first kappa shape index (κ1) is 23.1. The quantitative estimate of drug-likeness (QED) is 0.279. The number of carboxylic acids is 1. The summed E-state index contributed by atoms with van der Waals surface area (Å²) >= 11 is 5.61. The Morgan fingerprint density at radius 1 is 1.15 bits per heavy atom. The van der Waals surface area contributed by atoms with Crippen LogP contribution in [-0.2, 0) is 20.8 Å². The molecule has 0 fully saturated rings. The minimum Gasteiger partial charge on any atom is -0.508 e. The number of carbonyl (C=O) groups is 3. The van der Waals surface area contributed by atoms with Gasteiger partial charge in [-0.2, -0.15) is 24.4 Å². The fraction of sp³-hybridized carbons (Fsp3) is 0.471. The molecule has 1 rings (SSSR count). The molecule has 0 saturated heterocycles. The summed E-state index contributed by atoms with van der Waals surface area (Å²) in [6.07, 6.45) is 2.39. The lowest BCUT2D eigenvalue weighted by Gasteiger charge is -2.21. The van der Waals surface area contributed by atoms with Crippen molar-refractivity contribution < 1.29 is 24.6 Å². The van der Waals surface area contributed by atoms with Gasteiger partial charge < -0.3 is 26.6 Å². The molecular formula is C17H25N3O5S2. The Morgan fingerprint density at radius 3 is 2.26 bits per heavy atom. The zero-order valence-corrected chi connectivity index (χ0v) is 16.6. The predicted molar refractivity (Wildman–Crippen MR) is 108 cm³/mol. The summed E-state index contributed by atoms with van der Waals surface area (Å²) in [5, 5.41) is 23.6. The molecule has 0 aromatic heterocycles. The van der Waals surface area contributed by atoms with Crippen LogP contribution in [0.1, 0.15) is 12.0 Å². The predicted octanol–water partition coefficient (Wildman–Crippen LogP) is -0.000900. The molecule has 3 unspecified atom stereocenters. The highest BCUT2D eigenvalue weighted by atomic mass is 32.2. The Bertz CT molecular complexity index is 642. The standard InChI is InChI=1S/C17H25N3O5S2/c1-27-7-6-12(18)15(22)20-14(9-26)16(23)19-13(17(24)25)8-10-2-4-11(21)5-3-10/h2-5,12-14,21,26H,6-9,18H2,1H3,(H,19,23)(H,20,22)(H,24,25). The van der Waals surface area contributed by atoms with Gasteiger partial charge in [-0.25, -0.2) is 4.79 Å². The van der Waals surface area contributed by atoms with Crippen LogP contribution >= 0.6 is 24.4 Å². The Labute approximate surface area is 167 Å². The van der Waals surface area contributed by atoms with Gasteiger partial charge in [-0.15, -0.1) is 0 Å². The molecule has 27 heavy (non-hydrogen) atoms. The van der Waals surface area contributed by atoms with Crippen LogP contribution in [0.25, 0.3) is 0 Å². The molecule has 8 nitrogen and oxygen atoms in total. The van der Waals surface area contributed by atoms with Gasteiger partial charge in [-0.3, -0.25) is 9.59 Å². The van der Waals surface area contributed by atoms with E-state index in [0.717, 1.165) is 0 Å². The van der Waals surface area contributed by atoms with E-state index < -0.39 is 35.9 Å². The van der Waals surface area contributed by atoms with Gasteiger partial charge in [-0.1, -0.05) is 12.1 Å². The maximum Gasteiger partial charge on any atom is 0.326 e. The molecule has 0 radical (unpaired) electrons. The first-order chi connectivity index (χ1) is 12.8. The fourth-order valence-electron chi connectivity index (χ4n) is 2.19. The Kier molecular flexibility index (Phi) is 10.0. The highest BCUT2D eigenvalue weighted by molar-refractivity contribution is 7.98. The largest absolute Gasteiger partial charge is 0.508 e. The van der Waals surface area contributed by atoms with E-state index in [1.54, 1.807) is 23.9 Å². The second kappa shape index (κ2) is 11.7. The number of benzene rings is 1. The van der Waals surface area contributed by atoms with E-state index in [9.17, 15) is 24.6 Å². The van der Waals surface area contributed by atoms with Gasteiger partial charge in [0, 0.05) is 12.2 Å². The summed E-state index contributed by atoms with van der Waals surface area (Å²) in [7, 11) is 0. The molecule has 0 aliphatic carbocycles. The highest BCUT2D eigenvalue weighted by Gasteiger charge is 2.27. The van der Waals surface area contributed by atoms with Crippen LogP contribution < -0.4 is 16.4 Å². The minimum absolute atomic E-state index is 0.00162. The van der Waals surface area contributed by atoms with Crippen molar-refractivity contribution in [2.45, 2.75) is 31.0 Å². The van der Waals surface area contributed by atoms with Gasteiger partial charge in [0.1, 0.15) is 17.8 Å². The van der Waals surface area contributed by atoms with Crippen LogP contribution in [0.2, 0.25) is 0 Å². The maximum atomic E-state index is 12.4. The number of rotatable bonds is 11. The van der Waals surface area contributed by atoms with Crippen LogP contribution in [0.5, 0.6) is 5.75 Å². The van der Waals surface area contributed by atoms with Crippen molar-refractivity contribution in [2.75, 3.05) is 17.8 Å². The molecule has 0 aliphatic heterocycles. The topological polar surface area (TPSA) is 142 Å². The molecule has 150 valence electrons. The molecule has 0 aliphatic rings. The number of nitrogens with two attached hydrogens (primary N) is 1. The smallest absolute Gasteiger partial charge is 0.326 e. The summed E-state index contributed by atoms with van der Waals surface area (Å²) in [5.41, 5.74) is 6.40. The number of thiol groups is 1. The molecule has 0 saturated carbocycles. The number of nitrogens with one attached hydrogen (secondary N) is 2. The first-order valence-electron chi connectivity index (χ1n) is 8.25. The number of hydrogen-bond donors (Lipinski definition) is 6.